The molecule has 0 aliphatic carbocycles. The van der Waals surface area contributed by atoms with Gasteiger partial charge in [-0.2, -0.15) is 0 Å². The lowest BCUT2D eigenvalue weighted by atomic mass is 9.75. The molecule has 1 unspecified atom stereocenters. The van der Waals surface area contributed by atoms with E-state index in [4.69, 9.17) is 20.8 Å². The Kier molecular flexibility index (Phi) is 4.29. The molecule has 3 rings (SSSR count). The number of hydrogen-bond donors (Lipinski definition) is 0. The summed E-state index contributed by atoms with van der Waals surface area (Å²) in [6, 6.07) is 1.97. The third kappa shape index (κ3) is 2.82. The van der Waals surface area contributed by atoms with Crippen LogP contribution in [0.4, 0.5) is 0 Å². The van der Waals surface area contributed by atoms with Crippen LogP contribution in [0.5, 0.6) is 0 Å². The zero-order valence-corrected chi connectivity index (χ0v) is 16.0. The van der Waals surface area contributed by atoms with Crippen LogP contribution in [0.1, 0.15) is 20.8 Å². The standard InChI is InChI=1S/C16H23ClN3O2Si/c1-15(2,3)14(22-23(4)5)16(8-21-9-16)20-7-6-11-12(17)18-10-19-13(11)20/h6-7,10,14H,8-9H2,1-5H3. The Balaban J connectivity index is 2.13. The molecule has 23 heavy (non-hydrogen) atoms. The van der Waals surface area contributed by atoms with Crippen molar-refractivity contribution in [3.05, 3.63) is 23.7 Å². The molecule has 0 amide bonds. The molecule has 0 aromatic carbocycles. The molecule has 5 nitrogen and oxygen atoms in total. The Labute approximate surface area is 143 Å². The first kappa shape index (κ1) is 16.9. The first-order valence-electron chi connectivity index (χ1n) is 7.78. The van der Waals surface area contributed by atoms with Gasteiger partial charge < -0.3 is 13.7 Å². The van der Waals surface area contributed by atoms with E-state index in [0.29, 0.717) is 18.4 Å². The van der Waals surface area contributed by atoms with Gasteiger partial charge in [-0.3, -0.25) is 0 Å². The minimum absolute atomic E-state index is 0.0147. The molecule has 0 saturated carbocycles. The molecule has 1 saturated heterocycles. The van der Waals surface area contributed by atoms with Crippen LogP contribution < -0.4 is 0 Å². The molecule has 3 heterocycles. The topological polar surface area (TPSA) is 49.2 Å². The van der Waals surface area contributed by atoms with E-state index in [2.05, 4.69) is 48.4 Å². The van der Waals surface area contributed by atoms with E-state index < -0.39 is 9.04 Å². The van der Waals surface area contributed by atoms with E-state index in [1.807, 2.05) is 12.3 Å². The van der Waals surface area contributed by atoms with Crippen LogP contribution in [-0.4, -0.2) is 42.9 Å². The fraction of sp³-hybridized carbons (Fsp3) is 0.625. The second-order valence-electron chi connectivity index (χ2n) is 7.46. The molecule has 0 N–H and O–H groups in total. The number of rotatable bonds is 4. The molecule has 0 spiro atoms. The Morgan fingerprint density at radius 3 is 2.57 bits per heavy atom. The predicted octanol–water partition coefficient (Wildman–Crippen LogP) is 3.49. The van der Waals surface area contributed by atoms with E-state index in [1.165, 1.54) is 6.33 Å². The number of nitrogens with zero attached hydrogens (tertiary/aromatic N) is 3. The van der Waals surface area contributed by atoms with Crippen molar-refractivity contribution in [3.63, 3.8) is 0 Å². The smallest absolute Gasteiger partial charge is 0.205 e. The van der Waals surface area contributed by atoms with Gasteiger partial charge in [0.15, 0.2) is 0 Å². The van der Waals surface area contributed by atoms with Crippen molar-refractivity contribution in [1.29, 1.82) is 0 Å². The zero-order valence-electron chi connectivity index (χ0n) is 14.3. The minimum atomic E-state index is -0.853. The highest BCUT2D eigenvalue weighted by Gasteiger charge is 2.53. The summed E-state index contributed by atoms with van der Waals surface area (Å²) in [5, 5.41) is 1.35. The van der Waals surface area contributed by atoms with Gasteiger partial charge in [-0.15, -0.1) is 0 Å². The largest absolute Gasteiger partial charge is 0.411 e. The van der Waals surface area contributed by atoms with Crippen LogP contribution in [0.3, 0.4) is 0 Å². The maximum Gasteiger partial charge on any atom is 0.205 e. The van der Waals surface area contributed by atoms with Gasteiger partial charge in [0.2, 0.25) is 9.04 Å². The highest BCUT2D eigenvalue weighted by atomic mass is 35.5. The molecule has 125 valence electrons. The molecular weight excluding hydrogens is 330 g/mol. The first-order valence-corrected chi connectivity index (χ1v) is 10.6. The molecule has 7 heteroatoms. The van der Waals surface area contributed by atoms with Crippen molar-refractivity contribution >= 4 is 31.7 Å². The zero-order chi connectivity index (χ0) is 16.8. The molecule has 0 bridgehead atoms. The lowest BCUT2D eigenvalue weighted by molar-refractivity contribution is -0.175. The summed E-state index contributed by atoms with van der Waals surface area (Å²) in [6.45, 7) is 12.2. The molecular formula is C16H23ClN3O2Si. The predicted molar refractivity (Wildman–Crippen MR) is 93.1 cm³/mol. The van der Waals surface area contributed by atoms with Gasteiger partial charge in [0, 0.05) is 6.20 Å². The van der Waals surface area contributed by atoms with Crippen molar-refractivity contribution in [2.24, 2.45) is 5.41 Å². The van der Waals surface area contributed by atoms with Crippen LogP contribution in [0.25, 0.3) is 11.0 Å². The Bertz CT molecular complexity index is 707. The highest BCUT2D eigenvalue weighted by molar-refractivity contribution is 6.48. The van der Waals surface area contributed by atoms with Crippen LogP contribution in [0, 0.1) is 5.41 Å². The van der Waals surface area contributed by atoms with E-state index in [9.17, 15) is 0 Å². The molecule has 2 aromatic heterocycles. The summed E-state index contributed by atoms with van der Waals surface area (Å²) in [7, 11) is -0.853. The summed E-state index contributed by atoms with van der Waals surface area (Å²) >= 11 is 6.21. The fourth-order valence-corrected chi connectivity index (χ4v) is 4.57. The number of ether oxygens (including phenoxy) is 1. The molecule has 1 fully saturated rings. The number of hydrogen-bond acceptors (Lipinski definition) is 4. The Morgan fingerprint density at radius 2 is 2.04 bits per heavy atom. The second kappa shape index (κ2) is 5.84. The van der Waals surface area contributed by atoms with Crippen LogP contribution >= 0.6 is 11.6 Å². The number of halogens is 1. The van der Waals surface area contributed by atoms with Gasteiger partial charge in [0.1, 0.15) is 22.7 Å². The summed E-state index contributed by atoms with van der Waals surface area (Å²) in [6.07, 6.45) is 3.58. The van der Waals surface area contributed by atoms with Gasteiger partial charge >= 0.3 is 0 Å². The average Bonchev–Trinajstić information content (AvgIpc) is 2.81. The van der Waals surface area contributed by atoms with Crippen LogP contribution in [-0.2, 0) is 14.7 Å². The van der Waals surface area contributed by atoms with Gasteiger partial charge in [-0.1, -0.05) is 32.4 Å². The van der Waals surface area contributed by atoms with Gasteiger partial charge in [0.05, 0.1) is 24.7 Å². The van der Waals surface area contributed by atoms with Crippen molar-refractivity contribution < 1.29 is 9.16 Å². The molecule has 1 atom stereocenters. The Morgan fingerprint density at radius 1 is 1.35 bits per heavy atom. The second-order valence-corrected chi connectivity index (χ2v) is 9.87. The van der Waals surface area contributed by atoms with Gasteiger partial charge in [-0.05, 0) is 24.6 Å². The third-order valence-corrected chi connectivity index (χ3v) is 5.25. The van der Waals surface area contributed by atoms with E-state index >= 15 is 0 Å². The van der Waals surface area contributed by atoms with Crippen LogP contribution in [0.15, 0.2) is 18.6 Å². The van der Waals surface area contributed by atoms with E-state index in [1.54, 1.807) is 0 Å². The molecule has 1 radical (unpaired) electrons. The summed E-state index contributed by atoms with van der Waals surface area (Å²) in [4.78, 5) is 8.53. The highest BCUT2D eigenvalue weighted by Crippen LogP contribution is 2.43. The maximum absolute atomic E-state index is 6.45. The lowest BCUT2D eigenvalue weighted by Gasteiger charge is -2.53. The van der Waals surface area contributed by atoms with Crippen molar-refractivity contribution in [2.45, 2.75) is 45.5 Å². The van der Waals surface area contributed by atoms with Gasteiger partial charge in [-0.25, -0.2) is 9.97 Å². The Hall–Kier alpha value is -0.953. The first-order chi connectivity index (χ1) is 10.8. The molecule has 1 aliphatic heterocycles. The van der Waals surface area contributed by atoms with E-state index in [-0.39, 0.29) is 17.1 Å². The monoisotopic (exact) mass is 352 g/mol. The SMILES string of the molecule is C[Si](C)OC(C(C)(C)C)C1(n2ccc3c(Cl)ncnc32)COC1. The summed E-state index contributed by atoms with van der Waals surface area (Å²) < 4.78 is 14.3. The number of aromatic nitrogens is 3. The average molecular weight is 353 g/mol. The van der Waals surface area contributed by atoms with E-state index in [0.717, 1.165) is 11.0 Å². The molecule has 2 aromatic rings. The van der Waals surface area contributed by atoms with Crippen molar-refractivity contribution in [1.82, 2.24) is 14.5 Å². The summed E-state index contributed by atoms with van der Waals surface area (Å²) in [5.41, 5.74) is 0.575. The minimum Gasteiger partial charge on any atom is -0.411 e. The quantitative estimate of drug-likeness (QED) is 0.624. The van der Waals surface area contributed by atoms with Crippen molar-refractivity contribution in [2.75, 3.05) is 13.2 Å². The van der Waals surface area contributed by atoms with Crippen LogP contribution in [0.2, 0.25) is 18.2 Å². The normalized spacial score (nSPS) is 19.1. The fourth-order valence-electron chi connectivity index (χ4n) is 3.34. The maximum atomic E-state index is 6.45. The molecule has 1 aliphatic rings. The van der Waals surface area contributed by atoms with Gasteiger partial charge in [0.25, 0.3) is 0 Å². The van der Waals surface area contributed by atoms with Crippen molar-refractivity contribution in [3.8, 4) is 0 Å². The third-order valence-electron chi connectivity index (χ3n) is 4.24. The lowest BCUT2D eigenvalue weighted by Crippen LogP contribution is -2.64. The number of fused-ring (bicyclic) bond motifs is 1. The summed E-state index contributed by atoms with van der Waals surface area (Å²) in [5.74, 6) is 0.